The van der Waals surface area contributed by atoms with E-state index in [2.05, 4.69) is 35.3 Å². The molecule has 0 bridgehead atoms. The highest BCUT2D eigenvalue weighted by molar-refractivity contribution is 5.50. The predicted octanol–water partition coefficient (Wildman–Crippen LogP) is 2.77. The summed E-state index contributed by atoms with van der Waals surface area (Å²) >= 11 is 0. The van der Waals surface area contributed by atoms with E-state index in [0.29, 0.717) is 19.1 Å². The van der Waals surface area contributed by atoms with Gasteiger partial charge in [-0.15, -0.1) is 10.2 Å². The van der Waals surface area contributed by atoms with Gasteiger partial charge in [0.15, 0.2) is 17.3 Å². The van der Waals surface area contributed by atoms with Crippen LogP contribution in [0.2, 0.25) is 0 Å². The molecule has 0 unspecified atom stereocenters. The first-order valence-corrected chi connectivity index (χ1v) is 8.29. The van der Waals surface area contributed by atoms with Crippen molar-refractivity contribution >= 4 is 6.47 Å². The van der Waals surface area contributed by atoms with Crippen LogP contribution in [0.15, 0.2) is 34.9 Å². The first-order valence-electron chi connectivity index (χ1n) is 8.29. The topological polar surface area (TPSA) is 103 Å². The lowest BCUT2D eigenvalue weighted by molar-refractivity contribution is -0.122. The van der Waals surface area contributed by atoms with Crippen molar-refractivity contribution in [2.45, 2.75) is 33.4 Å². The summed E-state index contributed by atoms with van der Waals surface area (Å²) in [4.78, 5) is 8.36. The molecule has 0 atom stereocenters. The Balaban J connectivity index is 0.000000613. The van der Waals surface area contributed by atoms with Gasteiger partial charge in [0.1, 0.15) is 18.1 Å². The van der Waals surface area contributed by atoms with Gasteiger partial charge in [-0.1, -0.05) is 37.2 Å². The van der Waals surface area contributed by atoms with Crippen molar-refractivity contribution in [2.24, 2.45) is 5.92 Å². The van der Waals surface area contributed by atoms with Crippen molar-refractivity contribution < 1.29 is 19.2 Å². The van der Waals surface area contributed by atoms with Crippen LogP contribution in [0, 0.1) is 5.92 Å². The quantitative estimate of drug-likeness (QED) is 0.720. The Morgan fingerprint density at radius 3 is 2.85 bits per heavy atom. The zero-order chi connectivity index (χ0) is 18.5. The van der Waals surface area contributed by atoms with E-state index in [1.807, 2.05) is 28.8 Å². The number of nitrogens with zero attached hydrogens (tertiary/aromatic N) is 4. The molecule has 0 spiro atoms. The summed E-state index contributed by atoms with van der Waals surface area (Å²) in [6.07, 6.45) is 0.861. The highest BCUT2D eigenvalue weighted by Gasteiger charge is 2.22. The molecule has 0 saturated carbocycles. The molecule has 0 aliphatic carbocycles. The van der Waals surface area contributed by atoms with Crippen LogP contribution in [0.4, 0.5) is 0 Å². The molecule has 1 aliphatic rings. The summed E-state index contributed by atoms with van der Waals surface area (Å²) in [5, 5.41) is 19.6. The number of carboxylic acid groups (broad SMARTS) is 1. The van der Waals surface area contributed by atoms with Crippen molar-refractivity contribution in [1.29, 1.82) is 0 Å². The van der Waals surface area contributed by atoms with Crippen molar-refractivity contribution in [2.75, 3.05) is 0 Å². The molecule has 8 nitrogen and oxygen atoms in total. The average molecular weight is 356 g/mol. The van der Waals surface area contributed by atoms with E-state index in [9.17, 15) is 0 Å². The highest BCUT2D eigenvalue weighted by atomic mass is 16.5. The number of aromatic nitrogens is 4. The molecule has 3 aromatic rings. The number of rotatable bonds is 3. The second-order valence-electron chi connectivity index (χ2n) is 6.30. The van der Waals surface area contributed by atoms with Gasteiger partial charge < -0.3 is 18.9 Å². The Morgan fingerprint density at radius 1 is 1.31 bits per heavy atom. The van der Waals surface area contributed by atoms with Crippen molar-refractivity contribution in [3.63, 3.8) is 0 Å². The number of fused-ring (bicyclic) bond motifs is 2. The molecule has 3 heterocycles. The number of hydrogen-bond acceptors (Lipinski definition) is 6. The van der Waals surface area contributed by atoms with Crippen molar-refractivity contribution in [3.05, 3.63) is 47.5 Å². The fraction of sp³-hybridized carbons (Fsp3) is 0.333. The van der Waals surface area contributed by atoms with E-state index in [-0.39, 0.29) is 6.47 Å². The second-order valence-corrected chi connectivity index (χ2v) is 6.30. The van der Waals surface area contributed by atoms with Gasteiger partial charge in [-0.2, -0.15) is 0 Å². The minimum absolute atomic E-state index is 0.250. The summed E-state index contributed by atoms with van der Waals surface area (Å²) in [5.41, 5.74) is 1.83. The lowest BCUT2D eigenvalue weighted by atomic mass is 10.1. The summed E-state index contributed by atoms with van der Waals surface area (Å²) in [6, 6.07) is 9.97. The second kappa shape index (κ2) is 7.81. The van der Waals surface area contributed by atoms with Gasteiger partial charge in [0.25, 0.3) is 6.47 Å². The Kier molecular flexibility index (Phi) is 5.31. The molecule has 0 saturated heterocycles. The first kappa shape index (κ1) is 17.7. The van der Waals surface area contributed by atoms with E-state index in [0.717, 1.165) is 40.8 Å². The molecule has 1 N–H and O–H groups in total. The van der Waals surface area contributed by atoms with Gasteiger partial charge in [0, 0.05) is 18.1 Å². The van der Waals surface area contributed by atoms with E-state index in [4.69, 9.17) is 19.2 Å². The monoisotopic (exact) mass is 356 g/mol. The maximum absolute atomic E-state index is 8.36. The number of benzene rings is 1. The Labute approximate surface area is 150 Å². The van der Waals surface area contributed by atoms with Gasteiger partial charge in [0.05, 0.1) is 6.54 Å². The van der Waals surface area contributed by atoms with Crippen LogP contribution in [0.1, 0.15) is 31.0 Å². The molecule has 0 fully saturated rings. The minimum atomic E-state index is -0.250. The van der Waals surface area contributed by atoms with Gasteiger partial charge in [-0.25, -0.2) is 0 Å². The molecule has 0 radical (unpaired) electrons. The molecular weight excluding hydrogens is 336 g/mol. The third kappa shape index (κ3) is 3.74. The Bertz CT molecular complexity index is 885. The van der Waals surface area contributed by atoms with Crippen molar-refractivity contribution in [3.8, 4) is 17.3 Å². The van der Waals surface area contributed by atoms with Gasteiger partial charge in [-0.05, 0) is 12.0 Å². The average Bonchev–Trinajstić information content (AvgIpc) is 3.17. The van der Waals surface area contributed by atoms with Crippen LogP contribution in [0.5, 0.6) is 5.75 Å². The van der Waals surface area contributed by atoms with E-state index in [1.54, 1.807) is 0 Å². The number of para-hydroxylation sites is 1. The Hall–Kier alpha value is -3.16. The molecule has 4 rings (SSSR count). The van der Waals surface area contributed by atoms with Crippen LogP contribution < -0.4 is 4.74 Å². The SMILES string of the molecule is CC(C)Cc1cc(-c2nnc3n2Cc2ccccc2OC3)no1.O=CO. The molecule has 8 heteroatoms. The van der Waals surface area contributed by atoms with Gasteiger partial charge >= 0.3 is 0 Å². The van der Waals surface area contributed by atoms with Crippen LogP contribution in [0.25, 0.3) is 11.5 Å². The fourth-order valence-corrected chi connectivity index (χ4v) is 2.80. The fourth-order valence-electron chi connectivity index (χ4n) is 2.80. The van der Waals surface area contributed by atoms with E-state index in [1.165, 1.54) is 0 Å². The van der Waals surface area contributed by atoms with E-state index < -0.39 is 0 Å². The lowest BCUT2D eigenvalue weighted by Gasteiger charge is -2.06. The molecule has 2 aromatic heterocycles. The molecular formula is C18H20N4O4. The highest BCUT2D eigenvalue weighted by Crippen LogP contribution is 2.27. The van der Waals surface area contributed by atoms with Gasteiger partial charge in [-0.3, -0.25) is 4.79 Å². The maximum Gasteiger partial charge on any atom is 0.290 e. The zero-order valence-electron chi connectivity index (χ0n) is 14.6. The minimum Gasteiger partial charge on any atom is -0.485 e. The molecule has 0 amide bonds. The maximum atomic E-state index is 8.36. The first-order chi connectivity index (χ1) is 12.6. The van der Waals surface area contributed by atoms with Gasteiger partial charge in [0.2, 0.25) is 0 Å². The summed E-state index contributed by atoms with van der Waals surface area (Å²) in [6.45, 7) is 5.13. The third-order valence-electron chi connectivity index (χ3n) is 3.88. The summed E-state index contributed by atoms with van der Waals surface area (Å²) in [7, 11) is 0. The lowest BCUT2D eigenvalue weighted by Crippen LogP contribution is -2.05. The smallest absolute Gasteiger partial charge is 0.290 e. The molecule has 1 aromatic carbocycles. The normalized spacial score (nSPS) is 12.3. The molecule has 136 valence electrons. The van der Waals surface area contributed by atoms with Crippen LogP contribution >= 0.6 is 0 Å². The summed E-state index contributed by atoms with van der Waals surface area (Å²) in [5.74, 6) is 3.80. The third-order valence-corrected chi connectivity index (χ3v) is 3.88. The van der Waals surface area contributed by atoms with Crippen LogP contribution in [-0.4, -0.2) is 31.5 Å². The van der Waals surface area contributed by atoms with Crippen LogP contribution in [0.3, 0.4) is 0 Å². The standard InChI is InChI=1S/C17H18N4O2.CH2O2/c1-11(2)7-13-8-14(20-23-13)17-19-18-16-10-22-15-6-4-3-5-12(15)9-21(16)17;2-1-3/h3-6,8,11H,7,9-10H2,1-2H3;1H,(H,2,3). The van der Waals surface area contributed by atoms with E-state index >= 15 is 0 Å². The van der Waals surface area contributed by atoms with Crippen LogP contribution in [-0.2, 0) is 24.4 Å². The Morgan fingerprint density at radius 2 is 2.08 bits per heavy atom. The zero-order valence-corrected chi connectivity index (χ0v) is 14.6. The molecule has 1 aliphatic heterocycles. The summed E-state index contributed by atoms with van der Waals surface area (Å²) < 4.78 is 13.3. The van der Waals surface area contributed by atoms with Crippen molar-refractivity contribution in [1.82, 2.24) is 19.9 Å². The number of hydrogen-bond donors (Lipinski definition) is 1. The largest absolute Gasteiger partial charge is 0.485 e. The number of carbonyl (C=O) groups is 1. The predicted molar refractivity (Wildman–Crippen MR) is 92.6 cm³/mol. The molecule has 26 heavy (non-hydrogen) atoms. The number of ether oxygens (including phenoxy) is 1.